The van der Waals surface area contributed by atoms with Gasteiger partial charge in [-0.1, -0.05) is 60.9 Å². The molecule has 0 saturated carbocycles. The molecule has 0 saturated heterocycles. The second-order valence-electron chi connectivity index (χ2n) is 11.0. The van der Waals surface area contributed by atoms with Gasteiger partial charge < -0.3 is 9.64 Å². The highest BCUT2D eigenvalue weighted by atomic mass is 16.5. The van der Waals surface area contributed by atoms with Crippen molar-refractivity contribution in [3.8, 4) is 0 Å². The van der Waals surface area contributed by atoms with Crippen LogP contribution in [0.2, 0.25) is 0 Å². The van der Waals surface area contributed by atoms with Crippen LogP contribution in [0.4, 0.5) is 16.2 Å². The highest BCUT2D eigenvalue weighted by Gasteiger charge is 2.36. The Morgan fingerprint density at radius 3 is 1.86 bits per heavy atom. The molecule has 2 unspecified atom stereocenters. The minimum atomic E-state index is -0.366. The van der Waals surface area contributed by atoms with Crippen molar-refractivity contribution in [3.05, 3.63) is 93.0 Å². The Labute approximate surface area is 222 Å². The van der Waals surface area contributed by atoms with Crippen molar-refractivity contribution in [2.24, 2.45) is 0 Å². The minimum Gasteiger partial charge on any atom is -0.449 e. The number of carbonyl (C=O) groups excluding carboxylic acids is 1. The molecule has 0 aliphatic carbocycles. The summed E-state index contributed by atoms with van der Waals surface area (Å²) in [7, 11) is 0. The van der Waals surface area contributed by atoms with E-state index in [1.165, 1.54) is 50.2 Å². The van der Waals surface area contributed by atoms with Gasteiger partial charge in [0.25, 0.3) is 0 Å². The van der Waals surface area contributed by atoms with Crippen LogP contribution in [-0.2, 0) is 4.74 Å². The summed E-state index contributed by atoms with van der Waals surface area (Å²) in [5.41, 5.74) is 12.9. The van der Waals surface area contributed by atoms with Gasteiger partial charge in [-0.15, -0.1) is 0 Å². The molecule has 37 heavy (non-hydrogen) atoms. The first-order chi connectivity index (χ1) is 17.9. The van der Waals surface area contributed by atoms with E-state index in [-0.39, 0.29) is 6.09 Å². The number of carbonyl (C=O) groups is 1. The molecule has 1 N–H and O–H groups in total. The van der Waals surface area contributed by atoms with Crippen LogP contribution in [0.15, 0.2) is 48.5 Å². The Balaban J connectivity index is 1.62. The highest BCUT2D eigenvalue weighted by Crippen LogP contribution is 2.50. The molecule has 4 nitrogen and oxygen atoms in total. The van der Waals surface area contributed by atoms with Crippen molar-refractivity contribution in [1.29, 1.82) is 0 Å². The summed E-state index contributed by atoms with van der Waals surface area (Å²) in [4.78, 5) is 15.3. The molecule has 1 amide bonds. The van der Waals surface area contributed by atoms with E-state index in [1.54, 1.807) is 0 Å². The number of nitrogens with zero attached hydrogens (tertiary/aromatic N) is 1. The first-order valence-electron chi connectivity index (χ1n) is 13.9. The second kappa shape index (κ2) is 10.6. The molecule has 4 heteroatoms. The van der Waals surface area contributed by atoms with Gasteiger partial charge in [0.1, 0.15) is 0 Å². The number of rotatable bonds is 6. The molecule has 0 aromatic heterocycles. The molecule has 194 valence electrons. The maximum atomic E-state index is 12.7. The smallest absolute Gasteiger partial charge is 0.411 e. The molecule has 0 spiro atoms. The van der Waals surface area contributed by atoms with Gasteiger partial charge in [0.15, 0.2) is 0 Å². The summed E-state index contributed by atoms with van der Waals surface area (Å²) in [6, 6.07) is 18.1. The third-order valence-electron chi connectivity index (χ3n) is 8.19. The number of hydrogen-bond donors (Lipinski definition) is 1. The third kappa shape index (κ3) is 5.12. The van der Waals surface area contributed by atoms with Gasteiger partial charge in [-0.05, 0) is 92.5 Å². The molecule has 0 fully saturated rings. The number of ether oxygens (including phenoxy) is 1. The highest BCUT2D eigenvalue weighted by molar-refractivity contribution is 5.86. The van der Waals surface area contributed by atoms with Gasteiger partial charge in [0.2, 0.25) is 0 Å². The molecular weight excluding hydrogens is 456 g/mol. The van der Waals surface area contributed by atoms with Gasteiger partial charge in [-0.2, -0.15) is 0 Å². The summed E-state index contributed by atoms with van der Waals surface area (Å²) in [6.07, 6.45) is 3.67. The van der Waals surface area contributed by atoms with Crippen LogP contribution in [0.5, 0.6) is 0 Å². The number of amides is 1. The fourth-order valence-corrected chi connectivity index (χ4v) is 6.41. The van der Waals surface area contributed by atoms with Crippen LogP contribution in [-0.4, -0.2) is 25.8 Å². The van der Waals surface area contributed by atoms with Crippen molar-refractivity contribution in [3.63, 3.8) is 0 Å². The fraction of sp³-hybridized carbons (Fsp3) is 0.424. The Morgan fingerprint density at radius 2 is 1.38 bits per heavy atom. The van der Waals surface area contributed by atoms with E-state index >= 15 is 0 Å². The molecule has 2 heterocycles. The lowest BCUT2D eigenvalue weighted by Crippen LogP contribution is -2.38. The number of hydrogen-bond acceptors (Lipinski definition) is 3. The first-order valence-corrected chi connectivity index (χ1v) is 13.9. The van der Waals surface area contributed by atoms with Crippen molar-refractivity contribution in [2.75, 3.05) is 29.9 Å². The summed E-state index contributed by atoms with van der Waals surface area (Å²) in [6.45, 7) is 13.4. The van der Waals surface area contributed by atoms with Crippen molar-refractivity contribution >= 4 is 17.5 Å². The zero-order valence-corrected chi connectivity index (χ0v) is 23.0. The first kappa shape index (κ1) is 25.4. The number of anilines is 2. The molecule has 2 aliphatic heterocycles. The van der Waals surface area contributed by atoms with Crippen LogP contribution in [0.1, 0.15) is 89.0 Å². The van der Waals surface area contributed by atoms with E-state index in [2.05, 4.69) is 93.4 Å². The summed E-state index contributed by atoms with van der Waals surface area (Å²) in [5, 5.41) is 3.08. The van der Waals surface area contributed by atoms with Gasteiger partial charge in [-0.25, -0.2) is 4.79 Å². The van der Waals surface area contributed by atoms with E-state index < -0.39 is 0 Å². The van der Waals surface area contributed by atoms with Crippen LogP contribution >= 0.6 is 0 Å². The summed E-state index contributed by atoms with van der Waals surface area (Å²) in [5.74, 6) is 0.614. The summed E-state index contributed by atoms with van der Waals surface area (Å²) >= 11 is 0. The van der Waals surface area contributed by atoms with E-state index in [0.717, 1.165) is 44.5 Å². The number of nitrogens with one attached hydrogen (secondary N) is 1. The number of aryl methyl sites for hydroxylation is 4. The third-order valence-corrected chi connectivity index (χ3v) is 8.19. The van der Waals surface area contributed by atoms with Crippen molar-refractivity contribution in [1.82, 2.24) is 0 Å². The molecule has 3 aromatic rings. The van der Waals surface area contributed by atoms with E-state index in [9.17, 15) is 4.79 Å². The normalized spacial score (nSPS) is 18.4. The van der Waals surface area contributed by atoms with Gasteiger partial charge in [-0.3, -0.25) is 5.32 Å². The van der Waals surface area contributed by atoms with E-state index in [0.29, 0.717) is 18.4 Å². The van der Waals surface area contributed by atoms with Crippen LogP contribution in [0.25, 0.3) is 0 Å². The SMILES string of the molecule is CCCCOC(=O)Nc1cc2c3c(c1)C(c1ccc(C)cc1C)CCN3CCC2c1ccc(C)cc1C. The topological polar surface area (TPSA) is 41.6 Å². The van der Waals surface area contributed by atoms with Gasteiger partial charge >= 0.3 is 6.09 Å². The number of unbranched alkanes of at least 4 members (excludes halogenated alkanes) is 1. The zero-order valence-electron chi connectivity index (χ0n) is 23.0. The predicted molar refractivity (Wildman–Crippen MR) is 153 cm³/mol. The van der Waals surface area contributed by atoms with Gasteiger partial charge in [0.05, 0.1) is 6.61 Å². The molecule has 2 aliphatic rings. The Morgan fingerprint density at radius 1 is 0.838 bits per heavy atom. The fourth-order valence-electron chi connectivity index (χ4n) is 6.41. The molecule has 5 rings (SSSR count). The van der Waals surface area contributed by atoms with Crippen LogP contribution in [0.3, 0.4) is 0 Å². The van der Waals surface area contributed by atoms with E-state index in [1.807, 2.05) is 0 Å². The number of benzene rings is 3. The lowest BCUT2D eigenvalue weighted by atomic mass is 9.75. The Bertz CT molecular complexity index is 1230. The molecule has 3 aromatic carbocycles. The molecule has 0 bridgehead atoms. The van der Waals surface area contributed by atoms with Crippen LogP contribution in [0, 0.1) is 27.7 Å². The van der Waals surface area contributed by atoms with Crippen molar-refractivity contribution < 1.29 is 9.53 Å². The van der Waals surface area contributed by atoms with Crippen molar-refractivity contribution in [2.45, 2.75) is 72.1 Å². The molecule has 2 atom stereocenters. The zero-order chi connectivity index (χ0) is 26.1. The molecule has 0 radical (unpaired) electrons. The minimum absolute atomic E-state index is 0.307. The Hall–Kier alpha value is -3.27. The quantitative estimate of drug-likeness (QED) is 0.350. The average Bonchev–Trinajstić information content (AvgIpc) is 2.85. The monoisotopic (exact) mass is 496 g/mol. The second-order valence-corrected chi connectivity index (χ2v) is 11.0. The maximum Gasteiger partial charge on any atom is 0.411 e. The Kier molecular flexibility index (Phi) is 7.28. The predicted octanol–water partition coefficient (Wildman–Crippen LogP) is 8.15. The summed E-state index contributed by atoms with van der Waals surface area (Å²) < 4.78 is 5.47. The lowest BCUT2D eigenvalue weighted by molar-refractivity contribution is 0.160. The lowest BCUT2D eigenvalue weighted by Gasteiger charge is -2.43. The van der Waals surface area contributed by atoms with Crippen LogP contribution < -0.4 is 10.2 Å². The standard InChI is InChI=1S/C33H40N2O2/c1-6-7-16-37-33(36)34-25-19-30-28(26-10-8-21(2)17-23(26)4)12-14-35-15-13-29(31(20-25)32(30)35)27-11-9-22(3)18-24(27)5/h8-11,17-20,28-29H,6-7,12-16H2,1-5H3,(H,34,36). The van der Waals surface area contributed by atoms with Gasteiger partial charge in [0, 0.05) is 36.3 Å². The van der Waals surface area contributed by atoms with E-state index in [4.69, 9.17) is 4.74 Å². The maximum absolute atomic E-state index is 12.7. The molecular formula is C33H40N2O2. The average molecular weight is 497 g/mol. The largest absolute Gasteiger partial charge is 0.449 e.